The van der Waals surface area contributed by atoms with E-state index in [1.54, 1.807) is 37.3 Å². The van der Waals surface area contributed by atoms with Crippen LogP contribution in [0.4, 0.5) is 5.69 Å². The molecule has 41 heavy (non-hydrogen) atoms. The summed E-state index contributed by atoms with van der Waals surface area (Å²) in [6.07, 6.45) is 1.64. The predicted octanol–water partition coefficient (Wildman–Crippen LogP) is 5.92. The van der Waals surface area contributed by atoms with Crippen molar-refractivity contribution >= 4 is 39.1 Å². The number of anilines is 1. The summed E-state index contributed by atoms with van der Waals surface area (Å²) < 4.78 is 29.2. The van der Waals surface area contributed by atoms with Gasteiger partial charge in [0.2, 0.25) is 11.8 Å². The molecule has 3 aromatic rings. The summed E-state index contributed by atoms with van der Waals surface area (Å²) in [6, 6.07) is 20.4. The van der Waals surface area contributed by atoms with Crippen LogP contribution in [-0.2, 0) is 26.0 Å². The number of aryl methyl sites for hydroxylation is 1. The topological polar surface area (TPSA) is 86.8 Å². The summed E-state index contributed by atoms with van der Waals surface area (Å²) in [5, 5.41) is 3.38. The molecule has 0 aromatic heterocycles. The molecule has 7 nitrogen and oxygen atoms in total. The Morgan fingerprint density at radius 3 is 2.17 bits per heavy atom. The molecule has 3 rings (SSSR count). The first-order valence-corrected chi connectivity index (χ1v) is 15.8. The molecule has 0 aliphatic heterocycles. The lowest BCUT2D eigenvalue weighted by Gasteiger charge is -2.34. The predicted molar refractivity (Wildman–Crippen MR) is 166 cm³/mol. The summed E-state index contributed by atoms with van der Waals surface area (Å²) >= 11 is 6.40. The highest BCUT2D eigenvalue weighted by Gasteiger charge is 2.34. The molecule has 3 aromatic carbocycles. The van der Waals surface area contributed by atoms with Gasteiger partial charge in [0.25, 0.3) is 10.0 Å². The van der Waals surface area contributed by atoms with Gasteiger partial charge in [-0.15, -0.1) is 0 Å². The van der Waals surface area contributed by atoms with Crippen LogP contribution in [0.15, 0.2) is 77.7 Å². The van der Waals surface area contributed by atoms with Gasteiger partial charge in [-0.25, -0.2) is 8.42 Å². The zero-order valence-corrected chi connectivity index (χ0v) is 26.0. The first-order valence-electron chi connectivity index (χ1n) is 14.0. The van der Waals surface area contributed by atoms with E-state index in [4.69, 9.17) is 11.6 Å². The molecule has 9 heteroatoms. The number of halogens is 1. The van der Waals surface area contributed by atoms with Gasteiger partial charge in [-0.05, 0) is 75.4 Å². The van der Waals surface area contributed by atoms with Crippen molar-refractivity contribution in [1.29, 1.82) is 0 Å². The number of sulfonamides is 1. The highest BCUT2D eigenvalue weighted by molar-refractivity contribution is 7.92. The Bertz CT molecular complexity index is 1430. The van der Waals surface area contributed by atoms with Gasteiger partial charge in [0.1, 0.15) is 12.6 Å². The van der Waals surface area contributed by atoms with Crippen LogP contribution in [0.3, 0.4) is 0 Å². The Morgan fingerprint density at radius 2 is 1.56 bits per heavy atom. The van der Waals surface area contributed by atoms with E-state index in [2.05, 4.69) is 5.32 Å². The Morgan fingerprint density at radius 1 is 0.902 bits per heavy atom. The highest BCUT2D eigenvalue weighted by atomic mass is 35.5. The lowest BCUT2D eigenvalue weighted by Crippen LogP contribution is -2.54. The van der Waals surface area contributed by atoms with Crippen LogP contribution in [0.2, 0.25) is 5.02 Å². The van der Waals surface area contributed by atoms with Crippen molar-refractivity contribution in [3.8, 4) is 0 Å². The van der Waals surface area contributed by atoms with Crippen molar-refractivity contribution in [3.63, 3.8) is 0 Å². The van der Waals surface area contributed by atoms with Gasteiger partial charge in [-0.1, -0.05) is 79.5 Å². The normalized spacial score (nSPS) is 12.8. The first kappa shape index (κ1) is 32.2. The Balaban J connectivity index is 2.05. The van der Waals surface area contributed by atoms with E-state index in [0.29, 0.717) is 29.1 Å². The molecule has 0 aliphatic carbocycles. The van der Waals surface area contributed by atoms with Gasteiger partial charge in [-0.3, -0.25) is 13.9 Å². The fourth-order valence-electron chi connectivity index (χ4n) is 4.55. The minimum atomic E-state index is -4.15. The molecule has 0 heterocycles. The molecule has 0 unspecified atom stereocenters. The zero-order chi connectivity index (χ0) is 30.2. The van der Waals surface area contributed by atoms with Crippen molar-refractivity contribution in [2.24, 2.45) is 0 Å². The van der Waals surface area contributed by atoms with Gasteiger partial charge in [0, 0.05) is 17.6 Å². The highest BCUT2D eigenvalue weighted by Crippen LogP contribution is 2.31. The minimum absolute atomic E-state index is 0.0600. The molecule has 2 atom stereocenters. The minimum Gasteiger partial charge on any atom is -0.352 e. The monoisotopic (exact) mass is 597 g/mol. The summed E-state index contributed by atoms with van der Waals surface area (Å²) in [4.78, 5) is 29.1. The van der Waals surface area contributed by atoms with Crippen LogP contribution in [0.1, 0.15) is 50.3 Å². The van der Waals surface area contributed by atoms with E-state index in [-0.39, 0.29) is 23.4 Å². The van der Waals surface area contributed by atoms with Crippen LogP contribution in [0.25, 0.3) is 0 Å². The molecule has 0 aliphatic rings. The molecule has 0 saturated heterocycles. The lowest BCUT2D eigenvalue weighted by molar-refractivity contribution is -0.139. The number of nitrogens with zero attached hydrogens (tertiary/aromatic N) is 2. The van der Waals surface area contributed by atoms with E-state index >= 15 is 0 Å². The third-order valence-corrected chi connectivity index (χ3v) is 9.45. The van der Waals surface area contributed by atoms with Crippen molar-refractivity contribution in [2.75, 3.05) is 17.4 Å². The van der Waals surface area contributed by atoms with Gasteiger partial charge in [0.15, 0.2) is 0 Å². The van der Waals surface area contributed by atoms with Crippen LogP contribution in [0, 0.1) is 13.8 Å². The van der Waals surface area contributed by atoms with Crippen LogP contribution in [0.5, 0.6) is 0 Å². The number of benzene rings is 3. The number of rotatable bonds is 13. The SMILES string of the molecule is CC[C@H](C(=O)N[C@@H](C)CC)N(CCc1ccccc1)C(=O)CN(c1cccc(Cl)c1C)S(=O)(=O)c1ccc(C)cc1. The number of amides is 2. The molecule has 0 spiro atoms. The fraction of sp³-hybridized carbons (Fsp3) is 0.375. The number of carbonyl (C=O) groups excluding carboxylic acids is 2. The Hall–Kier alpha value is -3.36. The molecule has 220 valence electrons. The summed E-state index contributed by atoms with van der Waals surface area (Å²) in [7, 11) is -4.15. The first-order chi connectivity index (χ1) is 19.5. The average Bonchev–Trinajstić information content (AvgIpc) is 2.96. The number of hydrogen-bond acceptors (Lipinski definition) is 4. The van der Waals surface area contributed by atoms with Crippen LogP contribution in [-0.4, -0.2) is 50.3 Å². The Kier molecular flexibility index (Phi) is 11.4. The quantitative estimate of drug-likeness (QED) is 0.265. The zero-order valence-electron chi connectivity index (χ0n) is 24.4. The molecule has 0 saturated carbocycles. The van der Waals surface area contributed by atoms with Crippen LogP contribution >= 0.6 is 11.6 Å². The molecule has 2 amide bonds. The number of carbonyl (C=O) groups is 2. The van der Waals surface area contributed by atoms with Gasteiger partial charge >= 0.3 is 0 Å². The summed E-state index contributed by atoms with van der Waals surface area (Å²) in [6.45, 7) is 9.11. The van der Waals surface area contributed by atoms with E-state index < -0.39 is 28.5 Å². The summed E-state index contributed by atoms with van der Waals surface area (Å²) in [5.74, 6) is -0.725. The van der Waals surface area contributed by atoms with Gasteiger partial charge in [-0.2, -0.15) is 0 Å². The van der Waals surface area contributed by atoms with Crippen molar-refractivity contribution in [3.05, 3.63) is 94.5 Å². The van der Waals surface area contributed by atoms with Gasteiger partial charge < -0.3 is 10.2 Å². The van der Waals surface area contributed by atoms with Crippen LogP contribution < -0.4 is 9.62 Å². The number of nitrogens with one attached hydrogen (secondary N) is 1. The molecular formula is C32H40ClN3O4S. The van der Waals surface area contributed by atoms with Crippen molar-refractivity contribution in [1.82, 2.24) is 10.2 Å². The fourth-order valence-corrected chi connectivity index (χ4v) is 6.20. The average molecular weight is 598 g/mol. The second-order valence-corrected chi connectivity index (χ2v) is 12.5. The molecule has 0 fully saturated rings. The van der Waals surface area contributed by atoms with E-state index in [1.165, 1.54) is 17.0 Å². The largest absolute Gasteiger partial charge is 0.352 e. The maximum Gasteiger partial charge on any atom is 0.264 e. The second-order valence-electron chi connectivity index (χ2n) is 10.3. The third kappa shape index (κ3) is 8.11. The Labute approximate surface area is 249 Å². The molecular weight excluding hydrogens is 558 g/mol. The molecule has 0 bridgehead atoms. The third-order valence-electron chi connectivity index (χ3n) is 7.27. The summed E-state index contributed by atoms with van der Waals surface area (Å²) in [5.41, 5.74) is 2.77. The van der Waals surface area contributed by atoms with E-state index in [9.17, 15) is 18.0 Å². The van der Waals surface area contributed by atoms with Crippen molar-refractivity contribution in [2.45, 2.75) is 70.9 Å². The lowest BCUT2D eigenvalue weighted by atomic mass is 10.1. The number of hydrogen-bond donors (Lipinski definition) is 1. The van der Waals surface area contributed by atoms with E-state index in [1.807, 2.05) is 58.0 Å². The second kappa shape index (κ2) is 14.5. The molecule has 0 radical (unpaired) electrons. The smallest absolute Gasteiger partial charge is 0.264 e. The maximum atomic E-state index is 14.1. The van der Waals surface area contributed by atoms with Gasteiger partial charge in [0.05, 0.1) is 10.6 Å². The van der Waals surface area contributed by atoms with Crippen molar-refractivity contribution < 1.29 is 18.0 Å². The van der Waals surface area contributed by atoms with E-state index in [0.717, 1.165) is 21.9 Å². The maximum absolute atomic E-state index is 14.1. The standard InChI is InChI=1S/C32H40ClN3O4S/c1-6-24(4)34-32(38)29(7-2)35(21-20-26-12-9-8-10-13-26)31(37)22-36(30-15-11-14-28(33)25(30)5)41(39,40)27-18-16-23(3)17-19-27/h8-19,24,29H,6-7,20-22H2,1-5H3,(H,34,38)/t24-,29+/m0/s1. The molecule has 1 N–H and O–H groups in total.